The maximum atomic E-state index is 3.89. The predicted molar refractivity (Wildman–Crippen MR) is 42.2 cm³/mol. The minimum atomic E-state index is 0.955. The van der Waals surface area contributed by atoms with E-state index in [0.717, 1.165) is 6.54 Å². The van der Waals surface area contributed by atoms with E-state index in [1.807, 2.05) is 12.2 Å². The summed E-state index contributed by atoms with van der Waals surface area (Å²) in [6, 6.07) is 0. The van der Waals surface area contributed by atoms with Crippen LogP contribution in [0.25, 0.3) is 0 Å². The smallest absolute Gasteiger partial charge is 0.0470 e. The van der Waals surface area contributed by atoms with Crippen molar-refractivity contribution in [2.24, 2.45) is 0 Å². The summed E-state index contributed by atoms with van der Waals surface area (Å²) >= 11 is 0. The van der Waals surface area contributed by atoms with Crippen LogP contribution in [-0.4, -0.2) is 11.4 Å². The first kappa shape index (κ1) is 5.54. The van der Waals surface area contributed by atoms with E-state index in [9.17, 15) is 0 Å². The summed E-state index contributed by atoms with van der Waals surface area (Å²) in [6.07, 6.45) is 10.4. The van der Waals surface area contributed by atoms with Crippen molar-refractivity contribution in [3.8, 4) is 0 Å². The molecule has 0 aromatic carbocycles. The molecule has 50 valence electrons. The fraction of sp³-hybridized carbons (Fsp3) is 0.111. The highest BCUT2D eigenvalue weighted by atomic mass is 15.1. The largest absolute Gasteiger partial charge is 0.344 e. The highest BCUT2D eigenvalue weighted by molar-refractivity contribution is 5.40. The minimum absolute atomic E-state index is 0.955. The van der Waals surface area contributed by atoms with Gasteiger partial charge in [0.15, 0.2) is 0 Å². The molecule has 0 aromatic rings. The second-order valence-electron chi connectivity index (χ2n) is 2.56. The van der Waals surface area contributed by atoms with Gasteiger partial charge in [-0.15, -0.1) is 0 Å². The Hall–Kier alpha value is -1.24. The van der Waals surface area contributed by atoms with E-state index in [2.05, 4.69) is 29.8 Å². The summed E-state index contributed by atoms with van der Waals surface area (Å²) < 4.78 is 0. The molecule has 2 aliphatic heterocycles. The van der Waals surface area contributed by atoms with Crippen LogP contribution in [0.1, 0.15) is 0 Å². The molecule has 0 bridgehead atoms. The van der Waals surface area contributed by atoms with Gasteiger partial charge in [0, 0.05) is 18.4 Å². The Morgan fingerprint density at radius 3 is 3.10 bits per heavy atom. The molecule has 0 unspecified atom stereocenters. The summed E-state index contributed by atoms with van der Waals surface area (Å²) in [7, 11) is 0. The summed E-state index contributed by atoms with van der Waals surface area (Å²) in [4.78, 5) is 2.18. The van der Waals surface area contributed by atoms with E-state index in [4.69, 9.17) is 0 Å². The number of allylic oxidation sites excluding steroid dienone is 3. The molecule has 0 saturated heterocycles. The number of hydrogen-bond donors (Lipinski definition) is 0. The van der Waals surface area contributed by atoms with Gasteiger partial charge in [-0.2, -0.15) is 0 Å². The van der Waals surface area contributed by atoms with Crippen molar-refractivity contribution in [3.05, 3.63) is 48.4 Å². The second-order valence-corrected chi connectivity index (χ2v) is 2.56. The van der Waals surface area contributed by atoms with E-state index >= 15 is 0 Å². The molecule has 0 aliphatic carbocycles. The first-order chi connectivity index (χ1) is 4.86. The highest BCUT2D eigenvalue weighted by Crippen LogP contribution is 2.21. The maximum absolute atomic E-state index is 3.89. The molecule has 2 heterocycles. The van der Waals surface area contributed by atoms with Gasteiger partial charge in [-0.25, -0.2) is 0 Å². The lowest BCUT2D eigenvalue weighted by Gasteiger charge is -2.16. The third-order valence-corrected chi connectivity index (χ3v) is 1.70. The number of rotatable bonds is 0. The topological polar surface area (TPSA) is 3.24 Å². The lowest BCUT2D eigenvalue weighted by Crippen LogP contribution is -2.12. The molecule has 2 rings (SSSR count). The van der Waals surface area contributed by atoms with Crippen LogP contribution in [0.2, 0.25) is 0 Å². The molecule has 0 atom stereocenters. The summed E-state index contributed by atoms with van der Waals surface area (Å²) in [5, 5.41) is 0. The molecule has 0 saturated carbocycles. The molecule has 0 spiro atoms. The Labute approximate surface area is 60.6 Å². The average molecular weight is 131 g/mol. The Bertz CT molecular complexity index is 256. The Morgan fingerprint density at radius 1 is 1.40 bits per heavy atom. The molecule has 1 heteroatoms. The van der Waals surface area contributed by atoms with Crippen molar-refractivity contribution in [2.75, 3.05) is 6.54 Å². The Morgan fingerprint density at radius 2 is 2.30 bits per heavy atom. The molecule has 10 heavy (non-hydrogen) atoms. The van der Waals surface area contributed by atoms with Crippen molar-refractivity contribution < 1.29 is 0 Å². The van der Waals surface area contributed by atoms with Crippen LogP contribution >= 0.6 is 0 Å². The predicted octanol–water partition coefficient (Wildman–Crippen LogP) is 1.83. The van der Waals surface area contributed by atoms with Crippen molar-refractivity contribution >= 4 is 0 Å². The molecular weight excluding hydrogens is 122 g/mol. The minimum Gasteiger partial charge on any atom is -0.344 e. The van der Waals surface area contributed by atoms with Gasteiger partial charge in [-0.1, -0.05) is 12.7 Å². The normalized spacial score (nSPS) is 21.4. The first-order valence-electron chi connectivity index (χ1n) is 3.37. The maximum Gasteiger partial charge on any atom is 0.0470 e. The average Bonchev–Trinajstić information content (AvgIpc) is 2.27. The zero-order chi connectivity index (χ0) is 6.97. The van der Waals surface area contributed by atoms with Gasteiger partial charge in [0.25, 0.3) is 0 Å². The zero-order valence-corrected chi connectivity index (χ0v) is 5.75. The van der Waals surface area contributed by atoms with Crippen LogP contribution in [0.4, 0.5) is 0 Å². The van der Waals surface area contributed by atoms with Gasteiger partial charge in [-0.3, -0.25) is 0 Å². The van der Waals surface area contributed by atoms with Crippen LogP contribution in [0.3, 0.4) is 0 Å². The van der Waals surface area contributed by atoms with Crippen LogP contribution in [0, 0.1) is 0 Å². The van der Waals surface area contributed by atoms with Gasteiger partial charge < -0.3 is 4.90 Å². The molecular formula is C9H9N. The first-order valence-corrected chi connectivity index (χ1v) is 3.37. The van der Waals surface area contributed by atoms with E-state index in [0.29, 0.717) is 0 Å². The van der Waals surface area contributed by atoms with Crippen LogP contribution in [0.5, 0.6) is 0 Å². The van der Waals surface area contributed by atoms with Crippen molar-refractivity contribution in [2.45, 2.75) is 0 Å². The fourth-order valence-corrected chi connectivity index (χ4v) is 1.24. The van der Waals surface area contributed by atoms with E-state index in [1.54, 1.807) is 0 Å². The standard InChI is InChI=1S/C9H9N/c1-8-6-9-4-2-3-5-10(9)7-8/h2-6H,1,7H2. The molecule has 0 aromatic heterocycles. The van der Waals surface area contributed by atoms with Crippen molar-refractivity contribution in [3.63, 3.8) is 0 Å². The molecule has 1 nitrogen and oxygen atoms in total. The Kier molecular flexibility index (Phi) is 1.04. The SMILES string of the molecule is C=C1C=C2C=CC=CN2C1. The van der Waals surface area contributed by atoms with Gasteiger partial charge in [-0.05, 0) is 23.8 Å². The third kappa shape index (κ3) is 0.711. The number of nitrogens with zero attached hydrogens (tertiary/aromatic N) is 1. The lowest BCUT2D eigenvalue weighted by molar-refractivity contribution is 0.546. The molecule has 2 aliphatic rings. The molecule has 0 radical (unpaired) electrons. The van der Waals surface area contributed by atoms with Crippen molar-refractivity contribution in [1.82, 2.24) is 4.90 Å². The lowest BCUT2D eigenvalue weighted by atomic mass is 10.3. The second kappa shape index (κ2) is 1.87. The van der Waals surface area contributed by atoms with Gasteiger partial charge >= 0.3 is 0 Å². The van der Waals surface area contributed by atoms with E-state index < -0.39 is 0 Å². The summed E-state index contributed by atoms with van der Waals surface area (Å²) in [5.74, 6) is 0. The summed E-state index contributed by atoms with van der Waals surface area (Å²) in [6.45, 7) is 4.85. The van der Waals surface area contributed by atoms with Crippen LogP contribution in [0.15, 0.2) is 48.4 Å². The molecule has 0 amide bonds. The molecule has 0 fully saturated rings. The number of fused-ring (bicyclic) bond motifs is 1. The van der Waals surface area contributed by atoms with Crippen molar-refractivity contribution in [1.29, 1.82) is 0 Å². The van der Waals surface area contributed by atoms with Crippen LogP contribution < -0.4 is 0 Å². The monoisotopic (exact) mass is 131 g/mol. The Balaban J connectivity index is 2.37. The highest BCUT2D eigenvalue weighted by Gasteiger charge is 2.13. The third-order valence-electron chi connectivity index (χ3n) is 1.70. The van der Waals surface area contributed by atoms with Gasteiger partial charge in [0.05, 0.1) is 0 Å². The quantitative estimate of drug-likeness (QED) is 0.484. The van der Waals surface area contributed by atoms with Gasteiger partial charge in [0.1, 0.15) is 0 Å². The number of hydrogen-bond acceptors (Lipinski definition) is 1. The van der Waals surface area contributed by atoms with Crippen LogP contribution in [-0.2, 0) is 0 Å². The molecule has 0 N–H and O–H groups in total. The van der Waals surface area contributed by atoms with E-state index in [1.165, 1.54) is 11.3 Å². The zero-order valence-electron chi connectivity index (χ0n) is 5.75. The summed E-state index contributed by atoms with van der Waals surface area (Å²) in [5.41, 5.74) is 2.44. The van der Waals surface area contributed by atoms with E-state index in [-0.39, 0.29) is 0 Å². The van der Waals surface area contributed by atoms with Gasteiger partial charge in [0.2, 0.25) is 0 Å². The fourth-order valence-electron chi connectivity index (χ4n) is 1.24.